The van der Waals surface area contributed by atoms with Gasteiger partial charge in [-0.2, -0.15) is 0 Å². The minimum absolute atomic E-state index is 0.240. The molecule has 1 aromatic heterocycles. The molecular weight excluding hydrogens is 324 g/mol. The Balaban J connectivity index is 2.06. The van der Waals surface area contributed by atoms with Crippen molar-refractivity contribution >= 4 is 27.8 Å². The Morgan fingerprint density at radius 3 is 2.55 bits per heavy atom. The molecule has 104 valence electrons. The Kier molecular flexibility index (Phi) is 4.57. The van der Waals surface area contributed by atoms with E-state index in [4.69, 9.17) is 0 Å². The van der Waals surface area contributed by atoms with Gasteiger partial charge in [0.2, 0.25) is 0 Å². The molecule has 0 aliphatic carbocycles. The Hall–Kier alpha value is -2.08. The Morgan fingerprint density at radius 2 is 2.00 bits per heavy atom. The summed E-state index contributed by atoms with van der Waals surface area (Å²) >= 11 is 3.22. The quantitative estimate of drug-likeness (QED) is 0.782. The van der Waals surface area contributed by atoms with Crippen molar-refractivity contribution in [2.24, 2.45) is 0 Å². The summed E-state index contributed by atoms with van der Waals surface area (Å²) in [5, 5.41) is 11.7. The van der Waals surface area contributed by atoms with E-state index in [-0.39, 0.29) is 6.42 Å². The third kappa shape index (κ3) is 3.71. The molecule has 1 unspecified atom stereocenters. The minimum atomic E-state index is -1.06. The molecule has 20 heavy (non-hydrogen) atoms. The van der Waals surface area contributed by atoms with Gasteiger partial charge in [-0.15, -0.1) is 0 Å². The van der Waals surface area contributed by atoms with Gasteiger partial charge in [-0.3, -0.25) is 4.79 Å². The molecule has 1 atom stereocenters. The Labute approximate surface area is 124 Å². The van der Waals surface area contributed by atoms with E-state index in [0.717, 1.165) is 10.0 Å². The maximum Gasteiger partial charge on any atom is 0.326 e. The number of halogens is 1. The van der Waals surface area contributed by atoms with Crippen LogP contribution in [-0.4, -0.2) is 28.0 Å². The summed E-state index contributed by atoms with van der Waals surface area (Å²) < 4.78 is 0.734. The Bertz CT molecular complexity index is 610. The highest BCUT2D eigenvalue weighted by Crippen LogP contribution is 2.11. The number of amides is 1. The number of aromatic amines is 1. The van der Waals surface area contributed by atoms with Crippen LogP contribution in [0.15, 0.2) is 47.1 Å². The average Bonchev–Trinajstić information content (AvgIpc) is 2.86. The van der Waals surface area contributed by atoms with Crippen LogP contribution in [-0.2, 0) is 11.2 Å². The number of hydrogen-bond donors (Lipinski definition) is 3. The highest BCUT2D eigenvalue weighted by Gasteiger charge is 2.21. The largest absolute Gasteiger partial charge is 0.480 e. The first-order chi connectivity index (χ1) is 9.56. The van der Waals surface area contributed by atoms with Crippen molar-refractivity contribution in [3.8, 4) is 0 Å². The molecule has 0 aliphatic heterocycles. The van der Waals surface area contributed by atoms with Crippen LogP contribution in [0.3, 0.4) is 0 Å². The summed E-state index contributed by atoms with van der Waals surface area (Å²) in [6.07, 6.45) is 1.85. The lowest BCUT2D eigenvalue weighted by molar-refractivity contribution is -0.139. The molecule has 1 heterocycles. The van der Waals surface area contributed by atoms with E-state index >= 15 is 0 Å². The third-order valence-corrected chi connectivity index (χ3v) is 3.24. The third-order valence-electron chi connectivity index (χ3n) is 2.78. The SMILES string of the molecule is O=C(NC(Cc1ccccc1)C(=O)O)c1cc(Br)c[nH]1. The molecule has 5 nitrogen and oxygen atoms in total. The van der Waals surface area contributed by atoms with Crippen LogP contribution in [0.2, 0.25) is 0 Å². The fourth-order valence-electron chi connectivity index (χ4n) is 1.78. The second kappa shape index (κ2) is 6.38. The summed E-state index contributed by atoms with van der Waals surface area (Å²) in [5.74, 6) is -1.51. The number of rotatable bonds is 5. The smallest absolute Gasteiger partial charge is 0.326 e. The summed E-state index contributed by atoms with van der Waals surface area (Å²) in [5.41, 5.74) is 1.17. The summed E-state index contributed by atoms with van der Waals surface area (Å²) in [4.78, 5) is 25.9. The number of carbonyl (C=O) groups is 2. The molecule has 3 N–H and O–H groups in total. The normalized spacial score (nSPS) is 11.8. The van der Waals surface area contributed by atoms with Crippen LogP contribution in [0.1, 0.15) is 16.1 Å². The summed E-state index contributed by atoms with van der Waals surface area (Å²) in [6, 6.07) is 9.80. The second-order valence-corrected chi connectivity index (χ2v) is 5.20. The fourth-order valence-corrected chi connectivity index (χ4v) is 2.13. The van der Waals surface area contributed by atoms with E-state index in [1.807, 2.05) is 30.3 Å². The number of carboxylic acids is 1. The van der Waals surface area contributed by atoms with Crippen molar-refractivity contribution in [2.75, 3.05) is 0 Å². The predicted octanol–water partition coefficient (Wildman–Crippen LogP) is 2.20. The average molecular weight is 337 g/mol. The molecule has 0 radical (unpaired) electrons. The molecule has 2 rings (SSSR count). The standard InChI is InChI=1S/C14H13BrN2O3/c15-10-7-11(16-8-10)13(18)17-12(14(19)20)6-9-4-2-1-3-5-9/h1-5,7-8,12,16H,6H2,(H,17,18)(H,19,20). The van der Waals surface area contributed by atoms with E-state index in [1.54, 1.807) is 12.3 Å². The van der Waals surface area contributed by atoms with Crippen LogP contribution in [0.5, 0.6) is 0 Å². The van der Waals surface area contributed by atoms with E-state index < -0.39 is 17.9 Å². The van der Waals surface area contributed by atoms with Gasteiger partial charge >= 0.3 is 5.97 Å². The second-order valence-electron chi connectivity index (χ2n) is 4.29. The van der Waals surface area contributed by atoms with Crippen LogP contribution in [0, 0.1) is 0 Å². The summed E-state index contributed by atoms with van der Waals surface area (Å²) in [6.45, 7) is 0. The van der Waals surface area contributed by atoms with Gasteiger partial charge in [0.15, 0.2) is 0 Å². The zero-order chi connectivity index (χ0) is 14.5. The number of aromatic nitrogens is 1. The van der Waals surface area contributed by atoms with Crippen molar-refractivity contribution < 1.29 is 14.7 Å². The van der Waals surface area contributed by atoms with Crippen LogP contribution in [0.25, 0.3) is 0 Å². The van der Waals surface area contributed by atoms with Crippen molar-refractivity contribution in [2.45, 2.75) is 12.5 Å². The lowest BCUT2D eigenvalue weighted by Crippen LogP contribution is -2.42. The van der Waals surface area contributed by atoms with Gasteiger partial charge in [0.05, 0.1) is 0 Å². The monoisotopic (exact) mass is 336 g/mol. The molecular formula is C14H13BrN2O3. The van der Waals surface area contributed by atoms with Gasteiger partial charge in [-0.25, -0.2) is 4.79 Å². The van der Waals surface area contributed by atoms with Crippen molar-refractivity contribution in [1.29, 1.82) is 0 Å². The molecule has 0 spiro atoms. The van der Waals surface area contributed by atoms with Gasteiger partial charge in [0, 0.05) is 17.1 Å². The molecule has 0 aliphatic rings. The van der Waals surface area contributed by atoms with Gasteiger partial charge in [0.25, 0.3) is 5.91 Å². The van der Waals surface area contributed by atoms with Gasteiger partial charge in [0.1, 0.15) is 11.7 Å². The molecule has 0 bridgehead atoms. The van der Waals surface area contributed by atoms with Gasteiger partial charge < -0.3 is 15.4 Å². The van der Waals surface area contributed by atoms with E-state index in [0.29, 0.717) is 5.69 Å². The Morgan fingerprint density at radius 1 is 1.30 bits per heavy atom. The highest BCUT2D eigenvalue weighted by molar-refractivity contribution is 9.10. The molecule has 1 amide bonds. The maximum atomic E-state index is 11.9. The number of benzene rings is 1. The fraction of sp³-hybridized carbons (Fsp3) is 0.143. The number of H-pyrrole nitrogens is 1. The number of nitrogens with one attached hydrogen (secondary N) is 2. The lowest BCUT2D eigenvalue weighted by Gasteiger charge is -2.14. The van der Waals surface area contributed by atoms with Crippen molar-refractivity contribution in [3.05, 3.63) is 58.3 Å². The van der Waals surface area contributed by atoms with E-state index in [2.05, 4.69) is 26.2 Å². The van der Waals surface area contributed by atoms with Crippen LogP contribution < -0.4 is 5.32 Å². The maximum absolute atomic E-state index is 11.9. The number of aliphatic carboxylic acids is 1. The molecule has 0 saturated heterocycles. The van der Waals surface area contributed by atoms with Crippen molar-refractivity contribution in [3.63, 3.8) is 0 Å². The zero-order valence-corrected chi connectivity index (χ0v) is 12.1. The molecule has 0 saturated carbocycles. The van der Waals surface area contributed by atoms with Crippen molar-refractivity contribution in [1.82, 2.24) is 10.3 Å². The predicted molar refractivity (Wildman–Crippen MR) is 77.5 cm³/mol. The first-order valence-corrected chi connectivity index (χ1v) is 6.77. The first kappa shape index (κ1) is 14.3. The zero-order valence-electron chi connectivity index (χ0n) is 10.5. The highest BCUT2D eigenvalue weighted by atomic mass is 79.9. The first-order valence-electron chi connectivity index (χ1n) is 5.98. The number of carboxylic acid groups (broad SMARTS) is 1. The van der Waals surface area contributed by atoms with Crippen LogP contribution in [0.4, 0.5) is 0 Å². The molecule has 0 fully saturated rings. The number of carbonyl (C=O) groups excluding carboxylic acids is 1. The topological polar surface area (TPSA) is 82.2 Å². The van der Waals surface area contributed by atoms with Gasteiger partial charge in [-0.05, 0) is 27.6 Å². The minimum Gasteiger partial charge on any atom is -0.480 e. The molecule has 2 aromatic rings. The van der Waals surface area contributed by atoms with E-state index in [9.17, 15) is 14.7 Å². The van der Waals surface area contributed by atoms with Gasteiger partial charge in [-0.1, -0.05) is 30.3 Å². The molecule has 6 heteroatoms. The van der Waals surface area contributed by atoms with Crippen LogP contribution >= 0.6 is 15.9 Å². The number of hydrogen-bond acceptors (Lipinski definition) is 2. The lowest BCUT2D eigenvalue weighted by atomic mass is 10.1. The van der Waals surface area contributed by atoms with E-state index in [1.165, 1.54) is 0 Å². The molecule has 1 aromatic carbocycles. The summed E-state index contributed by atoms with van der Waals surface area (Å²) in [7, 11) is 0.